The fourth-order valence-corrected chi connectivity index (χ4v) is 5.83. The molecule has 0 aromatic rings. The van der Waals surface area contributed by atoms with Crippen LogP contribution in [0.4, 0.5) is 0 Å². The molecular weight excluding hydrogens is 242 g/mol. The summed E-state index contributed by atoms with van der Waals surface area (Å²) in [5, 5.41) is 3.98. The van der Waals surface area contributed by atoms with Gasteiger partial charge in [0.15, 0.2) is 0 Å². The normalized spacial score (nSPS) is 35.8. The topological polar surface area (TPSA) is 29.1 Å². The van der Waals surface area contributed by atoms with E-state index < -0.39 is 10.8 Å². The number of nitrogens with one attached hydrogen (secondary N) is 1. The summed E-state index contributed by atoms with van der Waals surface area (Å²) in [6, 6.07) is 0.508. The fraction of sp³-hybridized carbons (Fsp3) is 1.00. The highest BCUT2D eigenvalue weighted by molar-refractivity contribution is 7.85. The zero-order chi connectivity index (χ0) is 13.0. The van der Waals surface area contributed by atoms with Crippen LogP contribution in [0.1, 0.15) is 58.8 Å². The minimum Gasteiger partial charge on any atom is -0.313 e. The van der Waals surface area contributed by atoms with E-state index in [0.717, 1.165) is 30.6 Å². The van der Waals surface area contributed by atoms with E-state index >= 15 is 0 Å². The monoisotopic (exact) mass is 271 g/mol. The molecule has 0 spiro atoms. The van der Waals surface area contributed by atoms with Gasteiger partial charge in [0.05, 0.1) is 5.25 Å². The van der Waals surface area contributed by atoms with Gasteiger partial charge < -0.3 is 5.32 Å². The van der Waals surface area contributed by atoms with Crippen molar-refractivity contribution < 1.29 is 4.21 Å². The Kier molecular flexibility index (Phi) is 5.68. The molecule has 2 aliphatic rings. The van der Waals surface area contributed by atoms with E-state index in [2.05, 4.69) is 19.2 Å². The minimum atomic E-state index is -0.611. The zero-order valence-electron chi connectivity index (χ0n) is 12.0. The zero-order valence-corrected chi connectivity index (χ0v) is 12.8. The maximum Gasteiger partial charge on any atom is 0.0503 e. The Morgan fingerprint density at radius 2 is 1.89 bits per heavy atom. The van der Waals surface area contributed by atoms with Crippen molar-refractivity contribution in [3.8, 4) is 0 Å². The largest absolute Gasteiger partial charge is 0.313 e. The molecule has 4 atom stereocenters. The quantitative estimate of drug-likeness (QED) is 0.832. The van der Waals surface area contributed by atoms with Crippen LogP contribution in [-0.4, -0.2) is 27.8 Å². The van der Waals surface area contributed by atoms with Gasteiger partial charge >= 0.3 is 0 Å². The third kappa shape index (κ3) is 3.80. The molecule has 2 rings (SSSR count). The molecule has 18 heavy (non-hydrogen) atoms. The van der Waals surface area contributed by atoms with Crippen molar-refractivity contribution in [1.29, 1.82) is 0 Å². The Balaban J connectivity index is 1.90. The van der Waals surface area contributed by atoms with Crippen LogP contribution in [0.5, 0.6) is 0 Å². The van der Waals surface area contributed by atoms with Crippen LogP contribution in [0.3, 0.4) is 0 Å². The molecule has 2 aliphatic carbocycles. The van der Waals surface area contributed by atoms with Crippen molar-refractivity contribution in [2.45, 2.75) is 70.1 Å². The summed E-state index contributed by atoms with van der Waals surface area (Å²) in [6.07, 6.45) is 9.04. The molecule has 2 fully saturated rings. The maximum atomic E-state index is 12.7. The van der Waals surface area contributed by atoms with Gasteiger partial charge in [0.2, 0.25) is 0 Å². The predicted octanol–water partition coefficient (Wildman–Crippen LogP) is 3.09. The first-order chi connectivity index (χ1) is 8.70. The van der Waals surface area contributed by atoms with E-state index in [1.54, 1.807) is 0 Å². The molecule has 1 N–H and O–H groups in total. The standard InChI is InChI=1S/C15H29NOS/c1-3-16-14-9-8-12(2)10-15(14)18(17)11-13-6-4-5-7-13/h12-16H,3-11H2,1-2H3. The Morgan fingerprint density at radius 3 is 2.56 bits per heavy atom. The Labute approximate surface area is 115 Å². The van der Waals surface area contributed by atoms with Crippen LogP contribution in [-0.2, 0) is 10.8 Å². The molecule has 0 saturated heterocycles. The Bertz CT molecular complexity index is 276. The summed E-state index contributed by atoms with van der Waals surface area (Å²) in [6.45, 7) is 5.49. The van der Waals surface area contributed by atoms with Gasteiger partial charge in [-0.2, -0.15) is 0 Å². The van der Waals surface area contributed by atoms with Crippen molar-refractivity contribution in [2.24, 2.45) is 11.8 Å². The van der Waals surface area contributed by atoms with Gasteiger partial charge in [0, 0.05) is 22.6 Å². The number of hydrogen-bond acceptors (Lipinski definition) is 2. The predicted molar refractivity (Wildman–Crippen MR) is 79.2 cm³/mol. The molecule has 0 aliphatic heterocycles. The summed E-state index contributed by atoms with van der Waals surface area (Å²) in [5.74, 6) is 2.49. The second-order valence-corrected chi connectivity index (χ2v) is 8.02. The van der Waals surface area contributed by atoms with Crippen molar-refractivity contribution in [2.75, 3.05) is 12.3 Å². The molecule has 106 valence electrons. The first-order valence-electron chi connectivity index (χ1n) is 7.81. The van der Waals surface area contributed by atoms with Gasteiger partial charge in [-0.05, 0) is 50.5 Å². The highest BCUT2D eigenvalue weighted by Crippen LogP contribution is 2.31. The molecule has 0 aromatic carbocycles. The molecule has 0 bridgehead atoms. The summed E-state index contributed by atoms with van der Waals surface area (Å²) < 4.78 is 12.7. The van der Waals surface area contributed by atoms with Gasteiger partial charge in [-0.25, -0.2) is 0 Å². The molecule has 3 heteroatoms. The molecule has 4 unspecified atom stereocenters. The van der Waals surface area contributed by atoms with Crippen LogP contribution in [0, 0.1) is 11.8 Å². The van der Waals surface area contributed by atoms with Gasteiger partial charge in [-0.15, -0.1) is 0 Å². The minimum absolute atomic E-state index is 0.411. The lowest BCUT2D eigenvalue weighted by atomic mass is 9.87. The smallest absolute Gasteiger partial charge is 0.0503 e. The van der Waals surface area contributed by atoms with E-state index in [4.69, 9.17) is 0 Å². The number of hydrogen-bond donors (Lipinski definition) is 1. The third-order valence-corrected chi connectivity index (χ3v) is 6.73. The summed E-state index contributed by atoms with van der Waals surface area (Å²) in [7, 11) is -0.611. The van der Waals surface area contributed by atoms with E-state index in [0.29, 0.717) is 11.3 Å². The second kappa shape index (κ2) is 7.04. The molecule has 2 nitrogen and oxygen atoms in total. The van der Waals surface area contributed by atoms with Crippen LogP contribution in [0.2, 0.25) is 0 Å². The molecular formula is C15H29NOS. The van der Waals surface area contributed by atoms with Gasteiger partial charge in [-0.1, -0.05) is 26.7 Å². The van der Waals surface area contributed by atoms with Gasteiger partial charge in [0.1, 0.15) is 0 Å². The van der Waals surface area contributed by atoms with E-state index in [9.17, 15) is 4.21 Å². The first-order valence-corrected chi connectivity index (χ1v) is 9.19. The van der Waals surface area contributed by atoms with E-state index in [1.807, 2.05) is 0 Å². The fourth-order valence-electron chi connectivity index (χ4n) is 3.65. The van der Waals surface area contributed by atoms with Gasteiger partial charge in [-0.3, -0.25) is 4.21 Å². The SMILES string of the molecule is CCNC1CCC(C)CC1S(=O)CC1CCCC1. The third-order valence-electron chi connectivity index (χ3n) is 4.73. The number of rotatable bonds is 5. The summed E-state index contributed by atoms with van der Waals surface area (Å²) in [5.41, 5.74) is 0. The lowest BCUT2D eigenvalue weighted by Gasteiger charge is -2.35. The summed E-state index contributed by atoms with van der Waals surface area (Å²) in [4.78, 5) is 0. The average Bonchev–Trinajstić information content (AvgIpc) is 2.84. The van der Waals surface area contributed by atoms with Crippen LogP contribution < -0.4 is 5.32 Å². The molecule has 0 aromatic heterocycles. The Hall–Kier alpha value is 0.110. The molecule has 0 radical (unpaired) electrons. The van der Waals surface area contributed by atoms with Gasteiger partial charge in [0.25, 0.3) is 0 Å². The average molecular weight is 271 g/mol. The lowest BCUT2D eigenvalue weighted by molar-refractivity contribution is 0.316. The van der Waals surface area contributed by atoms with Crippen LogP contribution in [0.25, 0.3) is 0 Å². The van der Waals surface area contributed by atoms with Crippen LogP contribution >= 0.6 is 0 Å². The lowest BCUT2D eigenvalue weighted by Crippen LogP contribution is -2.46. The highest BCUT2D eigenvalue weighted by atomic mass is 32.2. The van der Waals surface area contributed by atoms with Crippen molar-refractivity contribution in [3.63, 3.8) is 0 Å². The molecule has 0 heterocycles. The van der Waals surface area contributed by atoms with E-state index in [1.165, 1.54) is 38.5 Å². The second-order valence-electron chi connectivity index (χ2n) is 6.32. The molecule has 2 saturated carbocycles. The van der Waals surface area contributed by atoms with Crippen LogP contribution in [0.15, 0.2) is 0 Å². The van der Waals surface area contributed by atoms with Crippen molar-refractivity contribution >= 4 is 10.8 Å². The molecule has 0 amide bonds. The maximum absolute atomic E-state index is 12.7. The van der Waals surface area contributed by atoms with E-state index in [-0.39, 0.29) is 0 Å². The van der Waals surface area contributed by atoms with Crippen molar-refractivity contribution in [3.05, 3.63) is 0 Å². The van der Waals surface area contributed by atoms with Crippen molar-refractivity contribution in [1.82, 2.24) is 5.32 Å². The highest BCUT2D eigenvalue weighted by Gasteiger charge is 2.33. The summed E-state index contributed by atoms with van der Waals surface area (Å²) >= 11 is 0. The first kappa shape index (κ1) is 14.5. The Morgan fingerprint density at radius 1 is 1.17 bits per heavy atom.